The largest absolute Gasteiger partial charge is 0.329 e. The van der Waals surface area contributed by atoms with Crippen molar-refractivity contribution in [2.24, 2.45) is 5.10 Å². The molecule has 2 N–H and O–H groups in total. The van der Waals surface area contributed by atoms with Crippen molar-refractivity contribution >= 4 is 53.0 Å². The van der Waals surface area contributed by atoms with Crippen LogP contribution >= 0.6 is 23.2 Å². The summed E-state index contributed by atoms with van der Waals surface area (Å²) in [7, 11) is 0. The molecule has 0 aliphatic carbocycles. The van der Waals surface area contributed by atoms with Gasteiger partial charge < -0.3 is 5.32 Å². The van der Waals surface area contributed by atoms with Gasteiger partial charge in [0.05, 0.1) is 15.7 Å². The molecule has 0 spiro atoms. The van der Waals surface area contributed by atoms with Gasteiger partial charge in [-0.2, -0.15) is 5.10 Å². The molecule has 7 heteroatoms. The van der Waals surface area contributed by atoms with Crippen LogP contribution in [0.3, 0.4) is 0 Å². The molecule has 0 aromatic heterocycles. The summed E-state index contributed by atoms with van der Waals surface area (Å²) in [4.78, 5) is 23.4. The van der Waals surface area contributed by atoms with Crippen LogP contribution in [-0.2, 0) is 9.59 Å². The van der Waals surface area contributed by atoms with E-state index in [9.17, 15) is 9.59 Å². The number of anilines is 1. The molecule has 2 aromatic rings. The highest BCUT2D eigenvalue weighted by Gasteiger charge is 2.15. The first-order chi connectivity index (χ1) is 11.6. The van der Waals surface area contributed by atoms with Gasteiger partial charge in [0, 0.05) is 6.21 Å². The summed E-state index contributed by atoms with van der Waals surface area (Å²) in [6.45, 7) is 0. The topological polar surface area (TPSA) is 70.6 Å². The van der Waals surface area contributed by atoms with Crippen molar-refractivity contribution in [2.75, 3.05) is 5.32 Å². The summed E-state index contributed by atoms with van der Waals surface area (Å²) in [5, 5.41) is 6.45. The van der Waals surface area contributed by atoms with Crippen molar-refractivity contribution in [3.05, 3.63) is 70.2 Å². The highest BCUT2D eigenvalue weighted by atomic mass is 35.5. The van der Waals surface area contributed by atoms with Gasteiger partial charge in [-0.25, -0.2) is 5.43 Å². The van der Waals surface area contributed by atoms with Gasteiger partial charge in [-0.3, -0.25) is 9.59 Å². The number of nitrogens with zero attached hydrogens (tertiary/aromatic N) is 1. The van der Waals surface area contributed by atoms with Crippen LogP contribution in [0.5, 0.6) is 0 Å². The number of hydrogen-bond donors (Lipinski definition) is 2. The summed E-state index contributed by atoms with van der Waals surface area (Å²) in [5.41, 5.74) is 3.35. The lowest BCUT2D eigenvalue weighted by molar-refractivity contribution is -0.136. The van der Waals surface area contributed by atoms with E-state index in [1.54, 1.807) is 18.2 Å². The van der Waals surface area contributed by atoms with Gasteiger partial charge in [-0.05, 0) is 23.8 Å². The SMILES string of the molecule is O=C(NN=CC=Cc1ccccc1)C(=O)Nc1cccc(Cl)c1Cl. The van der Waals surface area contributed by atoms with Gasteiger partial charge in [-0.1, -0.05) is 65.7 Å². The second-order valence-electron chi connectivity index (χ2n) is 4.54. The molecule has 122 valence electrons. The maximum atomic E-state index is 11.7. The number of hydrogen-bond acceptors (Lipinski definition) is 3. The van der Waals surface area contributed by atoms with Crippen molar-refractivity contribution < 1.29 is 9.59 Å². The maximum absolute atomic E-state index is 11.7. The monoisotopic (exact) mass is 361 g/mol. The van der Waals surface area contributed by atoms with Gasteiger partial charge >= 0.3 is 11.8 Å². The Morgan fingerprint density at radius 3 is 2.46 bits per heavy atom. The van der Waals surface area contributed by atoms with Crippen LogP contribution in [0.4, 0.5) is 5.69 Å². The normalized spacial score (nSPS) is 10.9. The Morgan fingerprint density at radius 2 is 1.71 bits per heavy atom. The first-order valence-corrected chi connectivity index (χ1v) is 7.63. The molecule has 0 aliphatic heterocycles. The number of benzene rings is 2. The predicted octanol–water partition coefficient (Wildman–Crippen LogP) is 3.75. The first-order valence-electron chi connectivity index (χ1n) is 6.88. The molecular formula is C17H13Cl2N3O2. The number of carbonyl (C=O) groups excluding carboxylic acids is 2. The van der Waals surface area contributed by atoms with Crippen LogP contribution in [0.15, 0.2) is 59.7 Å². The molecule has 0 unspecified atom stereocenters. The van der Waals surface area contributed by atoms with Gasteiger partial charge in [0.2, 0.25) is 0 Å². The first kappa shape index (κ1) is 17.7. The molecule has 0 fully saturated rings. The Kier molecular flexibility index (Phi) is 6.54. The molecule has 0 saturated heterocycles. The minimum Gasteiger partial charge on any atom is -0.316 e. The van der Waals surface area contributed by atoms with E-state index in [1.165, 1.54) is 12.3 Å². The van der Waals surface area contributed by atoms with Gasteiger partial charge in [0.25, 0.3) is 0 Å². The lowest BCUT2D eigenvalue weighted by Gasteiger charge is -2.06. The van der Waals surface area contributed by atoms with Gasteiger partial charge in [-0.15, -0.1) is 0 Å². The van der Waals surface area contributed by atoms with Crippen molar-refractivity contribution in [3.63, 3.8) is 0 Å². The van der Waals surface area contributed by atoms with E-state index in [1.807, 2.05) is 36.4 Å². The van der Waals surface area contributed by atoms with Crippen LogP contribution in [-0.4, -0.2) is 18.0 Å². The minimum absolute atomic E-state index is 0.162. The third-order valence-corrected chi connectivity index (χ3v) is 3.64. The fourth-order valence-electron chi connectivity index (χ4n) is 1.69. The summed E-state index contributed by atoms with van der Waals surface area (Å²) in [6, 6.07) is 14.3. The highest BCUT2D eigenvalue weighted by Crippen LogP contribution is 2.29. The predicted molar refractivity (Wildman–Crippen MR) is 97.2 cm³/mol. The summed E-state index contributed by atoms with van der Waals surface area (Å²) in [5.74, 6) is -1.82. The molecule has 2 aromatic carbocycles. The second kappa shape index (κ2) is 8.86. The van der Waals surface area contributed by atoms with Crippen molar-refractivity contribution in [2.45, 2.75) is 0 Å². The van der Waals surface area contributed by atoms with Crippen LogP contribution < -0.4 is 10.7 Å². The molecule has 0 heterocycles. The molecule has 0 atom stereocenters. The number of nitrogens with one attached hydrogen (secondary N) is 2. The second-order valence-corrected chi connectivity index (χ2v) is 5.33. The van der Waals surface area contributed by atoms with E-state index in [-0.39, 0.29) is 15.7 Å². The summed E-state index contributed by atoms with van der Waals surface area (Å²) in [6.07, 6.45) is 4.81. The van der Waals surface area contributed by atoms with Gasteiger partial charge in [0.1, 0.15) is 0 Å². The lowest BCUT2D eigenvalue weighted by atomic mass is 10.2. The molecule has 24 heavy (non-hydrogen) atoms. The Hall–Kier alpha value is -2.63. The van der Waals surface area contributed by atoms with Crippen molar-refractivity contribution in [3.8, 4) is 0 Å². The summed E-state index contributed by atoms with van der Waals surface area (Å²) < 4.78 is 0. The van der Waals surface area contributed by atoms with E-state index in [0.717, 1.165) is 5.56 Å². The zero-order valence-corrected chi connectivity index (χ0v) is 13.9. The number of halogens is 2. The molecule has 5 nitrogen and oxygen atoms in total. The number of amides is 2. The Labute approximate surface area is 149 Å². The molecule has 0 radical (unpaired) electrons. The van der Waals surface area contributed by atoms with Crippen molar-refractivity contribution in [1.82, 2.24) is 5.43 Å². The molecular weight excluding hydrogens is 349 g/mol. The van der Waals surface area contributed by atoms with E-state index in [0.29, 0.717) is 0 Å². The van der Waals surface area contributed by atoms with E-state index in [4.69, 9.17) is 23.2 Å². The minimum atomic E-state index is -0.921. The third kappa shape index (κ3) is 5.22. The van der Waals surface area contributed by atoms with Crippen LogP contribution in [0.25, 0.3) is 6.08 Å². The smallest absolute Gasteiger partial charge is 0.316 e. The molecule has 2 amide bonds. The quantitative estimate of drug-likeness (QED) is 0.494. The Balaban J connectivity index is 1.85. The molecule has 0 bridgehead atoms. The van der Waals surface area contributed by atoms with E-state index >= 15 is 0 Å². The number of hydrazone groups is 1. The molecule has 0 aliphatic rings. The van der Waals surface area contributed by atoms with Crippen LogP contribution in [0.1, 0.15) is 5.56 Å². The van der Waals surface area contributed by atoms with E-state index in [2.05, 4.69) is 15.8 Å². The van der Waals surface area contributed by atoms with E-state index < -0.39 is 11.8 Å². The highest BCUT2D eigenvalue weighted by molar-refractivity contribution is 6.45. The third-order valence-electron chi connectivity index (χ3n) is 2.82. The Bertz CT molecular complexity index is 790. The molecule has 0 saturated carbocycles. The Morgan fingerprint density at radius 1 is 0.958 bits per heavy atom. The number of rotatable bonds is 4. The van der Waals surface area contributed by atoms with Crippen LogP contribution in [0, 0.1) is 0 Å². The zero-order chi connectivity index (χ0) is 17.4. The average Bonchev–Trinajstić information content (AvgIpc) is 2.59. The standard InChI is InChI=1S/C17H13Cl2N3O2/c18-13-9-4-10-14(15(13)19)21-16(23)17(24)22-20-11-5-8-12-6-2-1-3-7-12/h1-11H,(H,21,23)(H,22,24). The van der Waals surface area contributed by atoms with Crippen LogP contribution in [0.2, 0.25) is 10.0 Å². The maximum Gasteiger partial charge on any atom is 0.329 e. The summed E-state index contributed by atoms with van der Waals surface area (Å²) >= 11 is 11.8. The number of carbonyl (C=O) groups is 2. The zero-order valence-electron chi connectivity index (χ0n) is 12.4. The average molecular weight is 362 g/mol. The fourth-order valence-corrected chi connectivity index (χ4v) is 2.04. The lowest BCUT2D eigenvalue weighted by Crippen LogP contribution is -2.32. The fraction of sp³-hybridized carbons (Fsp3) is 0. The molecule has 2 rings (SSSR count). The number of allylic oxidation sites excluding steroid dienone is 1. The van der Waals surface area contributed by atoms with Crippen molar-refractivity contribution in [1.29, 1.82) is 0 Å². The van der Waals surface area contributed by atoms with Gasteiger partial charge in [0.15, 0.2) is 0 Å².